The normalized spacial score (nSPS) is 22.9. The lowest BCUT2D eigenvalue weighted by molar-refractivity contribution is 0.945. The second-order valence-corrected chi connectivity index (χ2v) is 2.39. The molecule has 0 saturated carbocycles. The Morgan fingerprint density at radius 3 is 2.29 bits per heavy atom. The molecule has 0 aromatic carbocycles. The molecular weight excluding hydrogens is 84.1 g/mol. The highest BCUT2D eigenvalue weighted by Crippen LogP contribution is 2.24. The highest BCUT2D eigenvalue weighted by molar-refractivity contribution is 5.16. The summed E-state index contributed by atoms with van der Waals surface area (Å²) in [5.41, 5.74) is 1.54. The molecule has 0 saturated heterocycles. The van der Waals surface area contributed by atoms with Gasteiger partial charge in [-0.1, -0.05) is 18.6 Å². The fourth-order valence-electron chi connectivity index (χ4n) is 0.969. The van der Waals surface area contributed by atoms with E-state index in [0.29, 0.717) is 0 Å². The summed E-state index contributed by atoms with van der Waals surface area (Å²) in [6, 6.07) is 0. The van der Waals surface area contributed by atoms with Gasteiger partial charge in [-0.25, -0.2) is 0 Å². The summed E-state index contributed by atoms with van der Waals surface area (Å²) in [7, 11) is 0. The van der Waals surface area contributed by atoms with Crippen molar-refractivity contribution >= 4 is 0 Å². The third kappa shape index (κ3) is 1.05. The Balaban J connectivity index is 2.42. The SMILES string of the molecule is C[C]1CC=C(C)C1. The molecule has 1 rings (SSSR count). The molecule has 7 heavy (non-hydrogen) atoms. The van der Waals surface area contributed by atoms with E-state index in [1.54, 1.807) is 5.92 Å². The van der Waals surface area contributed by atoms with E-state index in [0.717, 1.165) is 0 Å². The summed E-state index contributed by atoms with van der Waals surface area (Å²) in [6.45, 7) is 4.41. The molecule has 39 valence electrons. The van der Waals surface area contributed by atoms with Crippen LogP contribution >= 0.6 is 0 Å². The van der Waals surface area contributed by atoms with Crippen molar-refractivity contribution in [2.75, 3.05) is 0 Å². The van der Waals surface area contributed by atoms with Crippen LogP contribution < -0.4 is 0 Å². The molecule has 1 aliphatic rings. The van der Waals surface area contributed by atoms with Crippen LogP contribution in [-0.4, -0.2) is 0 Å². The summed E-state index contributed by atoms with van der Waals surface area (Å²) in [6.07, 6.45) is 4.78. The molecule has 1 radical (unpaired) electrons. The summed E-state index contributed by atoms with van der Waals surface area (Å²) < 4.78 is 0. The first kappa shape index (κ1) is 4.89. The maximum atomic E-state index is 2.30. The van der Waals surface area contributed by atoms with Gasteiger partial charge in [0.25, 0.3) is 0 Å². The quantitative estimate of drug-likeness (QED) is 0.405. The lowest BCUT2D eigenvalue weighted by Crippen LogP contribution is -1.78. The van der Waals surface area contributed by atoms with Crippen molar-refractivity contribution in [3.05, 3.63) is 17.6 Å². The predicted molar refractivity (Wildman–Crippen MR) is 31.9 cm³/mol. The van der Waals surface area contributed by atoms with Gasteiger partial charge in [-0.3, -0.25) is 0 Å². The van der Waals surface area contributed by atoms with Gasteiger partial charge in [0.15, 0.2) is 0 Å². The summed E-state index contributed by atoms with van der Waals surface area (Å²) in [5.74, 6) is 1.61. The summed E-state index contributed by atoms with van der Waals surface area (Å²) in [5, 5.41) is 0. The van der Waals surface area contributed by atoms with E-state index in [-0.39, 0.29) is 0 Å². The van der Waals surface area contributed by atoms with Gasteiger partial charge in [-0.2, -0.15) is 0 Å². The third-order valence-electron chi connectivity index (χ3n) is 1.38. The van der Waals surface area contributed by atoms with Crippen LogP contribution in [0.1, 0.15) is 26.7 Å². The summed E-state index contributed by atoms with van der Waals surface area (Å²) >= 11 is 0. The van der Waals surface area contributed by atoms with Crippen molar-refractivity contribution in [2.45, 2.75) is 26.7 Å². The fraction of sp³-hybridized carbons (Fsp3) is 0.571. The van der Waals surface area contributed by atoms with E-state index in [1.165, 1.54) is 18.4 Å². The molecule has 0 amide bonds. The van der Waals surface area contributed by atoms with E-state index < -0.39 is 0 Å². The van der Waals surface area contributed by atoms with Crippen LogP contribution in [0.3, 0.4) is 0 Å². The van der Waals surface area contributed by atoms with Gasteiger partial charge < -0.3 is 0 Å². The van der Waals surface area contributed by atoms with E-state index in [9.17, 15) is 0 Å². The molecule has 0 atom stereocenters. The molecule has 0 fully saturated rings. The second-order valence-electron chi connectivity index (χ2n) is 2.39. The molecule has 0 heterocycles. The van der Waals surface area contributed by atoms with Crippen molar-refractivity contribution in [2.24, 2.45) is 0 Å². The van der Waals surface area contributed by atoms with Gasteiger partial charge in [0.2, 0.25) is 0 Å². The Labute approximate surface area is 45.2 Å². The maximum absolute atomic E-state index is 2.30. The van der Waals surface area contributed by atoms with Crippen LogP contribution in [0.15, 0.2) is 11.6 Å². The Morgan fingerprint density at radius 1 is 1.43 bits per heavy atom. The van der Waals surface area contributed by atoms with Crippen LogP contribution in [-0.2, 0) is 0 Å². The lowest BCUT2D eigenvalue weighted by Gasteiger charge is -1.94. The van der Waals surface area contributed by atoms with E-state index in [1.807, 2.05) is 0 Å². The smallest absolute Gasteiger partial charge is 0.0194 e. The molecule has 0 bridgehead atoms. The van der Waals surface area contributed by atoms with Gasteiger partial charge >= 0.3 is 0 Å². The van der Waals surface area contributed by atoms with Crippen LogP contribution in [0, 0.1) is 5.92 Å². The van der Waals surface area contributed by atoms with Crippen molar-refractivity contribution in [3.8, 4) is 0 Å². The Bertz CT molecular complexity index is 90.2. The number of allylic oxidation sites excluding steroid dienone is 2. The average molecular weight is 95.2 g/mol. The minimum absolute atomic E-state index is 1.23. The second kappa shape index (κ2) is 1.69. The molecule has 1 aliphatic carbocycles. The Kier molecular flexibility index (Phi) is 1.18. The van der Waals surface area contributed by atoms with E-state index in [4.69, 9.17) is 0 Å². The lowest BCUT2D eigenvalue weighted by atomic mass is 10.1. The van der Waals surface area contributed by atoms with Gasteiger partial charge in [-0.05, 0) is 25.7 Å². The monoisotopic (exact) mass is 95.1 g/mol. The number of hydrogen-bond acceptors (Lipinski definition) is 0. The maximum Gasteiger partial charge on any atom is -0.0194 e. The Hall–Kier alpha value is -0.260. The highest BCUT2D eigenvalue weighted by Gasteiger charge is 2.07. The zero-order valence-corrected chi connectivity index (χ0v) is 4.99. The fourth-order valence-corrected chi connectivity index (χ4v) is 0.969. The van der Waals surface area contributed by atoms with Crippen LogP contribution in [0.25, 0.3) is 0 Å². The zero-order chi connectivity index (χ0) is 5.28. The van der Waals surface area contributed by atoms with Gasteiger partial charge in [0.05, 0.1) is 0 Å². The first-order valence-electron chi connectivity index (χ1n) is 2.76. The first-order valence-corrected chi connectivity index (χ1v) is 2.76. The third-order valence-corrected chi connectivity index (χ3v) is 1.38. The molecule has 0 heteroatoms. The van der Waals surface area contributed by atoms with Crippen LogP contribution in [0.5, 0.6) is 0 Å². The molecule has 0 nitrogen and oxygen atoms in total. The zero-order valence-electron chi connectivity index (χ0n) is 4.99. The van der Waals surface area contributed by atoms with Crippen molar-refractivity contribution in [3.63, 3.8) is 0 Å². The predicted octanol–water partition coefficient (Wildman–Crippen LogP) is 2.32. The van der Waals surface area contributed by atoms with Gasteiger partial charge in [-0.15, -0.1) is 0 Å². The van der Waals surface area contributed by atoms with Gasteiger partial charge in [0.1, 0.15) is 0 Å². The first-order chi connectivity index (χ1) is 3.29. The standard InChI is InChI=1S/C7H11/c1-6-3-4-7(2)5-6/h3H,4-5H2,1-2H3. The average Bonchev–Trinajstić information content (AvgIpc) is 1.87. The number of rotatable bonds is 0. The minimum atomic E-state index is 1.23. The van der Waals surface area contributed by atoms with Crippen LogP contribution in [0.2, 0.25) is 0 Å². The van der Waals surface area contributed by atoms with E-state index >= 15 is 0 Å². The van der Waals surface area contributed by atoms with E-state index in [2.05, 4.69) is 19.9 Å². The summed E-state index contributed by atoms with van der Waals surface area (Å²) in [4.78, 5) is 0. The van der Waals surface area contributed by atoms with Crippen LogP contribution in [0.4, 0.5) is 0 Å². The molecule has 0 unspecified atom stereocenters. The number of hydrogen-bond donors (Lipinski definition) is 0. The van der Waals surface area contributed by atoms with Gasteiger partial charge in [0, 0.05) is 0 Å². The molecule has 0 spiro atoms. The molecule has 0 N–H and O–H groups in total. The van der Waals surface area contributed by atoms with Crippen molar-refractivity contribution in [1.29, 1.82) is 0 Å². The topological polar surface area (TPSA) is 0 Å². The van der Waals surface area contributed by atoms with Crippen molar-refractivity contribution in [1.82, 2.24) is 0 Å². The largest absolute Gasteiger partial charge is 0.0850 e. The molecular formula is C7H11. The molecule has 0 aliphatic heterocycles. The molecule has 0 aromatic rings. The minimum Gasteiger partial charge on any atom is -0.0850 e. The van der Waals surface area contributed by atoms with Crippen molar-refractivity contribution < 1.29 is 0 Å². The highest BCUT2D eigenvalue weighted by atomic mass is 14.1. The molecule has 0 aromatic heterocycles. The Morgan fingerprint density at radius 2 is 2.14 bits per heavy atom.